The second-order valence-electron chi connectivity index (χ2n) is 5.89. The van der Waals surface area contributed by atoms with Crippen molar-refractivity contribution in [2.45, 2.75) is 44.3 Å². The van der Waals surface area contributed by atoms with Crippen LogP contribution < -0.4 is 11.1 Å². The van der Waals surface area contributed by atoms with E-state index in [4.69, 9.17) is 5.73 Å². The summed E-state index contributed by atoms with van der Waals surface area (Å²) in [4.78, 5) is 0. The van der Waals surface area contributed by atoms with Crippen molar-refractivity contribution in [1.82, 2.24) is 15.1 Å². The number of halogens is 7. The zero-order valence-corrected chi connectivity index (χ0v) is 13.3. The Labute approximate surface area is 138 Å². The molecule has 1 aliphatic rings. The van der Waals surface area contributed by atoms with Crippen molar-refractivity contribution in [1.29, 1.82) is 0 Å². The number of nitrogens with two attached hydrogens (primary N) is 1. The van der Waals surface area contributed by atoms with E-state index in [2.05, 4.69) is 5.10 Å². The standard InChI is InChI=1S/C14H15F7N4/c1-7-6-23-11(3,12(15,16)13(17,18)14(19,20)21)10(22)9(7)25-8(2)4-5-24-25/h4-6,23H,22H2,1-3H3. The summed E-state index contributed by atoms with van der Waals surface area (Å²) in [5.41, 5.74) is 2.09. The molecule has 140 valence electrons. The van der Waals surface area contributed by atoms with Gasteiger partial charge in [0.2, 0.25) is 0 Å². The minimum Gasteiger partial charge on any atom is -0.398 e. The highest BCUT2D eigenvalue weighted by Crippen LogP contribution is 2.53. The number of hydrogen-bond acceptors (Lipinski definition) is 3. The van der Waals surface area contributed by atoms with Crippen molar-refractivity contribution in [2.75, 3.05) is 0 Å². The molecule has 1 unspecified atom stereocenters. The van der Waals surface area contributed by atoms with E-state index in [1.807, 2.05) is 5.32 Å². The highest BCUT2D eigenvalue weighted by Gasteiger charge is 2.79. The van der Waals surface area contributed by atoms with Crippen LogP contribution >= 0.6 is 0 Å². The number of aryl methyl sites for hydroxylation is 1. The Bertz CT molecular complexity index is 745. The average Bonchev–Trinajstić information content (AvgIpc) is 2.88. The molecule has 0 amide bonds. The molecule has 0 bridgehead atoms. The molecule has 1 aromatic rings. The second-order valence-corrected chi connectivity index (χ2v) is 5.89. The van der Waals surface area contributed by atoms with Gasteiger partial charge >= 0.3 is 18.0 Å². The highest BCUT2D eigenvalue weighted by molar-refractivity contribution is 5.70. The molecule has 4 nitrogen and oxygen atoms in total. The summed E-state index contributed by atoms with van der Waals surface area (Å²) in [6, 6.07) is 1.50. The maximum atomic E-state index is 14.4. The summed E-state index contributed by atoms with van der Waals surface area (Å²) in [6.45, 7) is 3.46. The van der Waals surface area contributed by atoms with Crippen LogP contribution in [0.15, 0.2) is 29.7 Å². The number of alkyl halides is 7. The lowest BCUT2D eigenvalue weighted by atomic mass is 9.82. The molecule has 11 heteroatoms. The molecule has 0 aromatic carbocycles. The molecular weight excluding hydrogens is 357 g/mol. The van der Waals surface area contributed by atoms with Crippen LogP contribution in [0.25, 0.3) is 5.70 Å². The summed E-state index contributed by atoms with van der Waals surface area (Å²) in [5.74, 6) is -11.9. The first kappa shape index (κ1) is 19.1. The third-order valence-electron chi connectivity index (χ3n) is 4.17. The maximum Gasteiger partial charge on any atom is 0.459 e. The van der Waals surface area contributed by atoms with E-state index in [9.17, 15) is 30.7 Å². The molecule has 0 saturated carbocycles. The van der Waals surface area contributed by atoms with Gasteiger partial charge in [-0.2, -0.15) is 35.8 Å². The zero-order chi connectivity index (χ0) is 19.4. The average molecular weight is 372 g/mol. The first-order chi connectivity index (χ1) is 11.2. The van der Waals surface area contributed by atoms with Gasteiger partial charge in [0.15, 0.2) is 0 Å². The Morgan fingerprint density at radius 1 is 1.12 bits per heavy atom. The SMILES string of the molecule is CC1=CNC(C)(C(F)(F)C(F)(F)C(F)(F)F)C(N)=C1n1nccc1C. The van der Waals surface area contributed by atoms with Crippen LogP contribution in [0.5, 0.6) is 0 Å². The first-order valence-electron chi connectivity index (χ1n) is 6.97. The van der Waals surface area contributed by atoms with Crippen molar-refractivity contribution < 1.29 is 30.7 Å². The van der Waals surface area contributed by atoms with E-state index in [1.54, 1.807) is 6.92 Å². The lowest BCUT2D eigenvalue weighted by Gasteiger charge is -2.44. The quantitative estimate of drug-likeness (QED) is 0.800. The number of dihydropyridines is 1. The topological polar surface area (TPSA) is 55.9 Å². The number of nitrogens with one attached hydrogen (secondary N) is 1. The molecule has 25 heavy (non-hydrogen) atoms. The lowest BCUT2D eigenvalue weighted by molar-refractivity contribution is -0.366. The van der Waals surface area contributed by atoms with Gasteiger partial charge in [0.1, 0.15) is 5.54 Å². The molecule has 0 fully saturated rings. The summed E-state index contributed by atoms with van der Waals surface area (Å²) in [7, 11) is 0. The summed E-state index contributed by atoms with van der Waals surface area (Å²) in [5, 5.41) is 5.76. The van der Waals surface area contributed by atoms with Crippen LogP contribution in [0.1, 0.15) is 19.5 Å². The van der Waals surface area contributed by atoms with Crippen LogP contribution in [0.3, 0.4) is 0 Å². The summed E-state index contributed by atoms with van der Waals surface area (Å²) in [6.07, 6.45) is -4.24. The predicted molar refractivity (Wildman–Crippen MR) is 75.6 cm³/mol. The third kappa shape index (κ3) is 2.47. The zero-order valence-electron chi connectivity index (χ0n) is 13.3. The van der Waals surface area contributed by atoms with E-state index >= 15 is 0 Å². The minimum atomic E-state index is -6.46. The van der Waals surface area contributed by atoms with Crippen LogP contribution in [-0.4, -0.2) is 33.3 Å². The van der Waals surface area contributed by atoms with Gasteiger partial charge in [-0.1, -0.05) is 0 Å². The lowest BCUT2D eigenvalue weighted by Crippen LogP contribution is -2.69. The van der Waals surface area contributed by atoms with Gasteiger partial charge in [0.25, 0.3) is 0 Å². The van der Waals surface area contributed by atoms with Crippen molar-refractivity contribution >= 4 is 5.70 Å². The molecule has 1 aliphatic heterocycles. The number of hydrogen-bond donors (Lipinski definition) is 2. The van der Waals surface area contributed by atoms with Crippen molar-refractivity contribution in [3.05, 3.63) is 35.4 Å². The molecule has 2 rings (SSSR count). The normalized spacial score (nSPS) is 22.7. The van der Waals surface area contributed by atoms with Gasteiger partial charge in [-0.15, -0.1) is 0 Å². The largest absolute Gasteiger partial charge is 0.459 e. The molecule has 0 aliphatic carbocycles. The Hall–Kier alpha value is -2.20. The second kappa shape index (κ2) is 5.40. The van der Waals surface area contributed by atoms with Crippen LogP contribution in [0.4, 0.5) is 30.7 Å². The predicted octanol–water partition coefficient (Wildman–Crippen LogP) is 3.42. The molecule has 0 saturated heterocycles. The fourth-order valence-corrected chi connectivity index (χ4v) is 2.48. The number of allylic oxidation sites excluding steroid dienone is 2. The van der Waals surface area contributed by atoms with Gasteiger partial charge < -0.3 is 11.1 Å². The van der Waals surface area contributed by atoms with Crippen molar-refractivity contribution in [3.63, 3.8) is 0 Å². The van der Waals surface area contributed by atoms with Gasteiger partial charge in [0, 0.05) is 18.1 Å². The Balaban J connectivity index is 2.70. The molecule has 1 atom stereocenters. The van der Waals surface area contributed by atoms with Crippen LogP contribution in [0.2, 0.25) is 0 Å². The first-order valence-corrected chi connectivity index (χ1v) is 6.97. The van der Waals surface area contributed by atoms with Crippen LogP contribution in [0, 0.1) is 6.92 Å². The fraction of sp³-hybridized carbons (Fsp3) is 0.500. The molecule has 0 spiro atoms. The van der Waals surface area contributed by atoms with Gasteiger partial charge in [-0.25, -0.2) is 4.68 Å². The minimum absolute atomic E-state index is 0.179. The van der Waals surface area contributed by atoms with Gasteiger partial charge in [-0.3, -0.25) is 0 Å². The maximum absolute atomic E-state index is 14.4. The van der Waals surface area contributed by atoms with E-state index in [1.165, 1.54) is 19.2 Å². The molecule has 3 N–H and O–H groups in total. The van der Waals surface area contributed by atoms with E-state index in [0.717, 1.165) is 10.9 Å². The molecule has 1 aromatic heterocycles. The van der Waals surface area contributed by atoms with E-state index in [-0.39, 0.29) is 11.3 Å². The molecule has 2 heterocycles. The monoisotopic (exact) mass is 372 g/mol. The Kier molecular flexibility index (Phi) is 4.13. The number of nitrogens with zero attached hydrogens (tertiary/aromatic N) is 2. The van der Waals surface area contributed by atoms with Gasteiger partial charge in [0.05, 0.1) is 11.4 Å². The summed E-state index contributed by atoms with van der Waals surface area (Å²) >= 11 is 0. The highest BCUT2D eigenvalue weighted by atomic mass is 19.4. The summed E-state index contributed by atoms with van der Waals surface area (Å²) < 4.78 is 94.5. The van der Waals surface area contributed by atoms with E-state index < -0.39 is 29.3 Å². The number of aromatic nitrogens is 2. The van der Waals surface area contributed by atoms with Crippen molar-refractivity contribution in [3.8, 4) is 0 Å². The van der Waals surface area contributed by atoms with Crippen molar-refractivity contribution in [2.24, 2.45) is 5.73 Å². The van der Waals surface area contributed by atoms with Gasteiger partial charge in [-0.05, 0) is 32.4 Å². The smallest absolute Gasteiger partial charge is 0.398 e. The molecule has 0 radical (unpaired) electrons. The van der Waals surface area contributed by atoms with Crippen LogP contribution in [-0.2, 0) is 0 Å². The Morgan fingerprint density at radius 3 is 2.12 bits per heavy atom. The molecular formula is C14H15F7N4. The third-order valence-corrected chi connectivity index (χ3v) is 4.17. The number of rotatable bonds is 3. The van der Waals surface area contributed by atoms with E-state index in [0.29, 0.717) is 12.6 Å². The fourth-order valence-electron chi connectivity index (χ4n) is 2.48. The Morgan fingerprint density at radius 2 is 1.68 bits per heavy atom.